The fraction of sp³-hybridized carbons (Fsp3) is 0.500. The van der Waals surface area contributed by atoms with Crippen LogP contribution in [0.2, 0.25) is 0 Å². The van der Waals surface area contributed by atoms with Crippen molar-refractivity contribution in [3.05, 3.63) is 23.8 Å². The van der Waals surface area contributed by atoms with E-state index in [4.69, 9.17) is 4.74 Å². The number of hydrogen-bond acceptors (Lipinski definition) is 4. The van der Waals surface area contributed by atoms with E-state index in [9.17, 15) is 5.11 Å². The normalized spacial score (nSPS) is 19.3. The number of benzene rings is 1. The van der Waals surface area contributed by atoms with Crippen LogP contribution in [0.5, 0.6) is 5.88 Å². The predicted molar refractivity (Wildman–Crippen MR) is 92.9 cm³/mol. The van der Waals surface area contributed by atoms with Gasteiger partial charge < -0.3 is 19.7 Å². The lowest BCUT2D eigenvalue weighted by Crippen LogP contribution is -2.19. The van der Waals surface area contributed by atoms with E-state index in [0.29, 0.717) is 11.9 Å². The van der Waals surface area contributed by atoms with Gasteiger partial charge in [0.1, 0.15) is 0 Å². The van der Waals surface area contributed by atoms with Gasteiger partial charge in [0.2, 0.25) is 5.88 Å². The topological polar surface area (TPSA) is 58.8 Å². The third kappa shape index (κ3) is 2.39. The first-order chi connectivity index (χ1) is 11.3. The molecule has 2 aromatic rings. The molecule has 4 rings (SSSR count). The maximum Gasteiger partial charge on any atom is 0.201 e. The number of fused-ring (bicyclic) bond motifs is 1. The number of aromatic nitrogens is 1. The van der Waals surface area contributed by atoms with Crippen molar-refractivity contribution >= 4 is 22.3 Å². The summed E-state index contributed by atoms with van der Waals surface area (Å²) in [7, 11) is 1.92. The van der Waals surface area contributed by atoms with Crippen molar-refractivity contribution in [3.8, 4) is 5.88 Å². The van der Waals surface area contributed by atoms with Crippen LogP contribution in [-0.2, 0) is 4.74 Å². The average Bonchev–Trinajstić information content (AvgIpc) is 3.20. The maximum absolute atomic E-state index is 11.0. The van der Waals surface area contributed by atoms with E-state index in [2.05, 4.69) is 33.1 Å². The molecule has 1 aromatic heterocycles. The number of anilines is 1. The molecule has 2 aliphatic heterocycles. The first kappa shape index (κ1) is 14.6. The maximum atomic E-state index is 11.0. The molecule has 2 aliphatic rings. The van der Waals surface area contributed by atoms with E-state index in [1.807, 2.05) is 7.05 Å². The molecule has 5 heteroatoms. The molecule has 5 nitrogen and oxygen atoms in total. The molecule has 0 saturated carbocycles. The first-order valence-electron chi connectivity index (χ1n) is 8.45. The largest absolute Gasteiger partial charge is 0.494 e. The molecule has 1 fully saturated rings. The van der Waals surface area contributed by atoms with Crippen LogP contribution < -0.4 is 5.32 Å². The van der Waals surface area contributed by atoms with E-state index in [1.54, 1.807) is 0 Å². The van der Waals surface area contributed by atoms with Crippen LogP contribution in [0.25, 0.3) is 10.9 Å². The van der Waals surface area contributed by atoms with Gasteiger partial charge in [-0.25, -0.2) is 0 Å². The molecule has 3 heterocycles. The lowest BCUT2D eigenvalue weighted by molar-refractivity contribution is 0.0688. The summed E-state index contributed by atoms with van der Waals surface area (Å²) < 4.78 is 7.59. The molecular weight excluding hydrogens is 290 g/mol. The molecule has 0 atom stereocenters. The van der Waals surface area contributed by atoms with Gasteiger partial charge in [-0.2, -0.15) is 0 Å². The molecule has 0 spiro atoms. The van der Waals surface area contributed by atoms with Crippen LogP contribution in [0.1, 0.15) is 37.3 Å². The molecule has 1 aromatic carbocycles. The molecule has 1 saturated heterocycles. The number of aromatic hydroxyl groups is 1. The van der Waals surface area contributed by atoms with Crippen LogP contribution in [-0.4, -0.2) is 42.2 Å². The minimum absolute atomic E-state index is 0.294. The zero-order valence-electron chi connectivity index (χ0n) is 13.5. The molecule has 0 unspecified atom stereocenters. The minimum atomic E-state index is 0.294. The summed E-state index contributed by atoms with van der Waals surface area (Å²) in [4.78, 5) is 4.63. The molecule has 23 heavy (non-hydrogen) atoms. The van der Waals surface area contributed by atoms with E-state index in [1.165, 1.54) is 0 Å². The molecule has 0 aliphatic carbocycles. The van der Waals surface area contributed by atoms with Crippen molar-refractivity contribution < 1.29 is 9.84 Å². The van der Waals surface area contributed by atoms with Crippen LogP contribution in [0.15, 0.2) is 23.2 Å². The zero-order chi connectivity index (χ0) is 15.8. The first-order valence-corrected chi connectivity index (χ1v) is 8.45. The number of hydrogen-bond donors (Lipinski definition) is 2. The van der Waals surface area contributed by atoms with Gasteiger partial charge in [0.05, 0.1) is 11.1 Å². The van der Waals surface area contributed by atoms with Crippen molar-refractivity contribution in [2.45, 2.75) is 31.7 Å². The Morgan fingerprint density at radius 2 is 2.13 bits per heavy atom. The lowest BCUT2D eigenvalue weighted by atomic mass is 10.1. The smallest absolute Gasteiger partial charge is 0.201 e. The Kier molecular flexibility index (Phi) is 3.73. The molecule has 122 valence electrons. The highest BCUT2D eigenvalue weighted by molar-refractivity contribution is 6.14. The number of aliphatic imine (C=N–C) groups is 1. The second-order valence-electron chi connectivity index (χ2n) is 6.33. The van der Waals surface area contributed by atoms with E-state index in [0.717, 1.165) is 73.3 Å². The van der Waals surface area contributed by atoms with Crippen LogP contribution in [0, 0.1) is 0 Å². The quantitative estimate of drug-likeness (QED) is 0.914. The summed E-state index contributed by atoms with van der Waals surface area (Å²) in [5.41, 5.74) is 4.13. The van der Waals surface area contributed by atoms with Gasteiger partial charge in [-0.15, -0.1) is 0 Å². The zero-order valence-corrected chi connectivity index (χ0v) is 13.5. The highest BCUT2D eigenvalue weighted by Crippen LogP contribution is 2.40. The van der Waals surface area contributed by atoms with Gasteiger partial charge >= 0.3 is 0 Å². The lowest BCUT2D eigenvalue weighted by Gasteiger charge is -2.25. The summed E-state index contributed by atoms with van der Waals surface area (Å²) in [5, 5.41) is 15.3. The van der Waals surface area contributed by atoms with E-state index in [-0.39, 0.29) is 0 Å². The van der Waals surface area contributed by atoms with Gasteiger partial charge in [0.15, 0.2) is 0 Å². The SMILES string of the molecule is CNc1ccc2c(c1)c(C1=NCCC1)c(O)n2C1CCOCC1. The van der Waals surface area contributed by atoms with Crippen molar-refractivity contribution in [3.63, 3.8) is 0 Å². The molecule has 2 N–H and O–H groups in total. The average molecular weight is 313 g/mol. The Bertz CT molecular complexity index is 757. The van der Waals surface area contributed by atoms with Gasteiger partial charge in [-0.1, -0.05) is 0 Å². The standard InChI is InChI=1S/C18H23N3O2/c1-19-12-4-5-16-14(11-12)17(15-3-2-8-20-15)18(22)21(16)13-6-9-23-10-7-13/h4-5,11,13,19,22H,2-3,6-10H2,1H3. The second-order valence-corrected chi connectivity index (χ2v) is 6.33. The number of rotatable bonds is 3. The minimum Gasteiger partial charge on any atom is -0.494 e. The monoisotopic (exact) mass is 313 g/mol. The Hall–Kier alpha value is -2.01. The van der Waals surface area contributed by atoms with Gasteiger partial charge in [-0.05, 0) is 43.9 Å². The van der Waals surface area contributed by atoms with Gasteiger partial charge in [0, 0.05) is 49.6 Å². The highest BCUT2D eigenvalue weighted by atomic mass is 16.5. The van der Waals surface area contributed by atoms with Crippen molar-refractivity contribution in [2.24, 2.45) is 4.99 Å². The summed E-state index contributed by atoms with van der Waals surface area (Å²) in [6, 6.07) is 6.59. The summed E-state index contributed by atoms with van der Waals surface area (Å²) in [6.45, 7) is 2.38. The summed E-state index contributed by atoms with van der Waals surface area (Å²) >= 11 is 0. The van der Waals surface area contributed by atoms with E-state index >= 15 is 0 Å². The fourth-order valence-corrected chi connectivity index (χ4v) is 3.80. The summed E-state index contributed by atoms with van der Waals surface area (Å²) in [6.07, 6.45) is 3.91. The van der Waals surface area contributed by atoms with Crippen LogP contribution in [0.3, 0.4) is 0 Å². The molecule has 0 amide bonds. The number of nitrogens with zero attached hydrogens (tertiary/aromatic N) is 2. The predicted octanol–water partition coefficient (Wildman–Crippen LogP) is 3.32. The third-order valence-electron chi connectivity index (χ3n) is 4.98. The Morgan fingerprint density at radius 3 is 2.83 bits per heavy atom. The molecular formula is C18H23N3O2. The third-order valence-corrected chi connectivity index (χ3v) is 4.98. The Balaban J connectivity index is 1.93. The van der Waals surface area contributed by atoms with Crippen molar-refractivity contribution in [2.75, 3.05) is 32.1 Å². The van der Waals surface area contributed by atoms with E-state index < -0.39 is 0 Å². The number of nitrogens with one attached hydrogen (secondary N) is 1. The van der Waals surface area contributed by atoms with Crippen LogP contribution in [0.4, 0.5) is 5.69 Å². The van der Waals surface area contributed by atoms with Gasteiger partial charge in [-0.3, -0.25) is 4.99 Å². The Morgan fingerprint density at radius 1 is 1.30 bits per heavy atom. The van der Waals surface area contributed by atoms with Crippen LogP contribution >= 0.6 is 0 Å². The van der Waals surface area contributed by atoms with Gasteiger partial charge in [0.25, 0.3) is 0 Å². The fourth-order valence-electron chi connectivity index (χ4n) is 3.80. The highest BCUT2D eigenvalue weighted by Gasteiger charge is 2.27. The number of ether oxygens (including phenoxy) is 1. The molecule has 0 radical (unpaired) electrons. The van der Waals surface area contributed by atoms with Crippen molar-refractivity contribution in [1.82, 2.24) is 4.57 Å². The molecule has 0 bridgehead atoms. The second kappa shape index (κ2) is 5.89. The Labute approximate surface area is 136 Å². The summed E-state index contributed by atoms with van der Waals surface area (Å²) in [5.74, 6) is 0.376. The van der Waals surface area contributed by atoms with Crippen molar-refractivity contribution in [1.29, 1.82) is 0 Å².